The van der Waals surface area contributed by atoms with Gasteiger partial charge in [-0.15, -0.1) is 11.3 Å². The molecule has 0 saturated carbocycles. The molecular formula is C19H22N2O3S2. The Bertz CT molecular complexity index is 955. The summed E-state index contributed by atoms with van der Waals surface area (Å²) >= 11 is 1.12. The molecule has 0 bridgehead atoms. The minimum absolute atomic E-state index is 0.306. The highest BCUT2D eigenvalue weighted by molar-refractivity contribution is 7.93. The molecule has 0 aliphatic heterocycles. The van der Waals surface area contributed by atoms with E-state index < -0.39 is 9.84 Å². The first-order valence-electron chi connectivity index (χ1n) is 8.46. The van der Waals surface area contributed by atoms with Gasteiger partial charge in [0.15, 0.2) is 9.84 Å². The third kappa shape index (κ3) is 3.99. The SMILES string of the molecule is CC(C)c1ccc(NC(=O)Nc2sc(S(C)(=O)=O)c3c2CCC=C3)cc1. The number of thiophene rings is 1. The van der Waals surface area contributed by atoms with E-state index in [1.54, 1.807) is 0 Å². The van der Waals surface area contributed by atoms with Crippen molar-refractivity contribution in [3.63, 3.8) is 0 Å². The zero-order valence-electron chi connectivity index (χ0n) is 15.0. The molecular weight excluding hydrogens is 368 g/mol. The Balaban J connectivity index is 1.79. The maximum absolute atomic E-state index is 12.4. The van der Waals surface area contributed by atoms with E-state index in [9.17, 15) is 13.2 Å². The molecule has 1 aliphatic carbocycles. The van der Waals surface area contributed by atoms with E-state index in [2.05, 4.69) is 24.5 Å². The predicted molar refractivity (Wildman–Crippen MR) is 108 cm³/mol. The lowest BCUT2D eigenvalue weighted by atomic mass is 10.0. The van der Waals surface area contributed by atoms with Crippen LogP contribution in [0.4, 0.5) is 15.5 Å². The lowest BCUT2D eigenvalue weighted by Crippen LogP contribution is -2.19. The number of allylic oxidation sites excluding steroid dienone is 1. The summed E-state index contributed by atoms with van der Waals surface area (Å²) in [6.45, 7) is 4.23. The summed E-state index contributed by atoms with van der Waals surface area (Å²) in [6.07, 6.45) is 6.54. The van der Waals surface area contributed by atoms with Gasteiger partial charge in [-0.1, -0.05) is 38.1 Å². The zero-order chi connectivity index (χ0) is 18.9. The van der Waals surface area contributed by atoms with Crippen molar-refractivity contribution in [2.45, 2.75) is 36.8 Å². The Morgan fingerprint density at radius 3 is 2.46 bits per heavy atom. The fourth-order valence-corrected chi connectivity index (χ4v) is 5.31. The maximum Gasteiger partial charge on any atom is 0.324 e. The van der Waals surface area contributed by atoms with Gasteiger partial charge in [-0.25, -0.2) is 13.2 Å². The van der Waals surface area contributed by atoms with Crippen LogP contribution in [0.5, 0.6) is 0 Å². The summed E-state index contributed by atoms with van der Waals surface area (Å²) < 4.78 is 24.4. The van der Waals surface area contributed by atoms with Crippen LogP contribution in [0.15, 0.2) is 34.6 Å². The zero-order valence-corrected chi connectivity index (χ0v) is 16.6. The van der Waals surface area contributed by atoms with E-state index in [0.29, 0.717) is 26.4 Å². The molecule has 5 nitrogen and oxygen atoms in total. The molecule has 1 aromatic carbocycles. The first-order chi connectivity index (χ1) is 12.3. The number of benzene rings is 1. The van der Waals surface area contributed by atoms with Gasteiger partial charge in [0, 0.05) is 17.5 Å². The van der Waals surface area contributed by atoms with Gasteiger partial charge in [-0.05, 0) is 42.0 Å². The van der Waals surface area contributed by atoms with E-state index in [1.165, 1.54) is 11.8 Å². The van der Waals surface area contributed by atoms with Gasteiger partial charge in [0.1, 0.15) is 9.21 Å². The fraction of sp³-hybridized carbons (Fsp3) is 0.316. The molecule has 1 aromatic heterocycles. The molecule has 0 unspecified atom stereocenters. The second-order valence-electron chi connectivity index (χ2n) is 6.68. The summed E-state index contributed by atoms with van der Waals surface area (Å²) in [7, 11) is -3.34. The minimum atomic E-state index is -3.34. The average molecular weight is 391 g/mol. The van der Waals surface area contributed by atoms with Crippen molar-refractivity contribution >= 4 is 44.0 Å². The number of hydrogen-bond acceptors (Lipinski definition) is 4. The average Bonchev–Trinajstić information content (AvgIpc) is 2.94. The predicted octanol–water partition coefficient (Wildman–Crippen LogP) is 4.88. The summed E-state index contributed by atoms with van der Waals surface area (Å²) in [6, 6.07) is 7.33. The normalized spacial score (nSPS) is 13.5. The van der Waals surface area contributed by atoms with Crippen molar-refractivity contribution in [2.75, 3.05) is 16.9 Å². The number of anilines is 2. The van der Waals surface area contributed by atoms with Crippen LogP contribution in [0.25, 0.3) is 6.08 Å². The van der Waals surface area contributed by atoms with Crippen LogP contribution in [0.3, 0.4) is 0 Å². The van der Waals surface area contributed by atoms with Crippen molar-refractivity contribution < 1.29 is 13.2 Å². The molecule has 0 atom stereocenters. The Labute approximate surface area is 158 Å². The molecule has 0 fully saturated rings. The molecule has 2 amide bonds. The molecule has 0 spiro atoms. The molecule has 0 saturated heterocycles. The van der Waals surface area contributed by atoms with Crippen molar-refractivity contribution in [1.82, 2.24) is 0 Å². The van der Waals surface area contributed by atoms with E-state index in [4.69, 9.17) is 0 Å². The first kappa shape index (κ1) is 18.7. The van der Waals surface area contributed by atoms with Crippen LogP contribution in [-0.2, 0) is 16.3 Å². The van der Waals surface area contributed by atoms with Gasteiger partial charge >= 0.3 is 6.03 Å². The Morgan fingerprint density at radius 2 is 1.85 bits per heavy atom. The highest BCUT2D eigenvalue weighted by Crippen LogP contribution is 2.40. The molecule has 1 aliphatic rings. The van der Waals surface area contributed by atoms with Crippen LogP contribution in [-0.4, -0.2) is 20.7 Å². The molecule has 3 rings (SSSR count). The number of sulfone groups is 1. The second kappa shape index (κ2) is 7.25. The monoisotopic (exact) mass is 390 g/mol. The standard InChI is InChI=1S/C19H22N2O3S2/c1-12(2)13-8-10-14(11-9-13)20-19(22)21-17-15-6-4-5-7-16(15)18(25-17)26(3,23)24/h5,7-12H,4,6H2,1-3H3,(H2,20,21,22). The smallest absolute Gasteiger partial charge is 0.308 e. The van der Waals surface area contributed by atoms with Gasteiger partial charge in [-0.2, -0.15) is 0 Å². The van der Waals surface area contributed by atoms with Crippen molar-refractivity contribution in [1.29, 1.82) is 0 Å². The second-order valence-corrected chi connectivity index (χ2v) is 9.91. The Morgan fingerprint density at radius 1 is 1.15 bits per heavy atom. The third-order valence-corrected chi connectivity index (χ3v) is 7.27. The molecule has 0 radical (unpaired) electrons. The largest absolute Gasteiger partial charge is 0.324 e. The lowest BCUT2D eigenvalue weighted by molar-refractivity contribution is 0.262. The number of fused-ring (bicyclic) bond motifs is 1. The highest BCUT2D eigenvalue weighted by Gasteiger charge is 2.24. The number of rotatable bonds is 4. The van der Waals surface area contributed by atoms with Gasteiger partial charge in [0.05, 0.1) is 0 Å². The van der Waals surface area contributed by atoms with Crippen LogP contribution >= 0.6 is 11.3 Å². The minimum Gasteiger partial charge on any atom is -0.308 e. The van der Waals surface area contributed by atoms with Gasteiger partial charge < -0.3 is 5.32 Å². The number of carbonyl (C=O) groups is 1. The quantitative estimate of drug-likeness (QED) is 0.781. The molecule has 1 heterocycles. The molecule has 7 heteroatoms. The van der Waals surface area contributed by atoms with Gasteiger partial charge in [0.25, 0.3) is 0 Å². The summed E-state index contributed by atoms with van der Waals surface area (Å²) in [4.78, 5) is 12.4. The Hall–Kier alpha value is -2.12. The van der Waals surface area contributed by atoms with E-state index in [1.807, 2.05) is 36.4 Å². The van der Waals surface area contributed by atoms with Crippen molar-refractivity contribution in [2.24, 2.45) is 0 Å². The third-order valence-electron chi connectivity index (χ3n) is 4.26. The van der Waals surface area contributed by atoms with Crippen LogP contribution in [0.2, 0.25) is 0 Å². The molecule has 138 valence electrons. The highest BCUT2D eigenvalue weighted by atomic mass is 32.2. The van der Waals surface area contributed by atoms with E-state index in [-0.39, 0.29) is 6.03 Å². The first-order valence-corrected chi connectivity index (χ1v) is 11.2. The van der Waals surface area contributed by atoms with Crippen molar-refractivity contribution in [3.05, 3.63) is 47.0 Å². The molecule has 26 heavy (non-hydrogen) atoms. The molecule has 2 N–H and O–H groups in total. The Kier molecular flexibility index (Phi) is 5.20. The number of hydrogen-bond donors (Lipinski definition) is 2. The number of urea groups is 1. The molecule has 2 aromatic rings. The maximum atomic E-state index is 12.4. The van der Waals surface area contributed by atoms with E-state index in [0.717, 1.165) is 29.7 Å². The van der Waals surface area contributed by atoms with Crippen molar-refractivity contribution in [3.8, 4) is 0 Å². The summed E-state index contributed by atoms with van der Waals surface area (Å²) in [5.41, 5.74) is 3.50. The topological polar surface area (TPSA) is 75.3 Å². The number of carbonyl (C=O) groups excluding carboxylic acids is 1. The van der Waals surface area contributed by atoms with Crippen LogP contribution in [0.1, 0.15) is 42.9 Å². The number of nitrogens with one attached hydrogen (secondary N) is 2. The van der Waals surface area contributed by atoms with Crippen LogP contribution < -0.4 is 10.6 Å². The summed E-state index contributed by atoms with van der Waals surface area (Å²) in [5.74, 6) is 0.429. The lowest BCUT2D eigenvalue weighted by Gasteiger charge is -2.11. The fourth-order valence-electron chi connectivity index (χ4n) is 2.89. The van der Waals surface area contributed by atoms with Crippen LogP contribution in [0, 0.1) is 0 Å². The summed E-state index contributed by atoms with van der Waals surface area (Å²) in [5, 5.41) is 6.22. The van der Waals surface area contributed by atoms with E-state index >= 15 is 0 Å². The van der Waals surface area contributed by atoms with Gasteiger partial charge in [0.2, 0.25) is 0 Å². The van der Waals surface area contributed by atoms with Gasteiger partial charge in [-0.3, -0.25) is 5.32 Å². The number of amides is 2.